The number of fused-ring (bicyclic) bond motifs is 1. The average molecular weight is 191 g/mol. The van der Waals surface area contributed by atoms with E-state index in [1.54, 1.807) is 14.1 Å². The van der Waals surface area contributed by atoms with E-state index in [4.69, 9.17) is 5.41 Å². The SMILES string of the molecule is Cn1c(=N)c2nccnc2n(C)c1=O. The van der Waals surface area contributed by atoms with Gasteiger partial charge in [0.2, 0.25) is 0 Å². The Hall–Kier alpha value is -1.98. The molecule has 0 saturated heterocycles. The zero-order valence-corrected chi connectivity index (χ0v) is 7.85. The quantitative estimate of drug-likeness (QED) is 0.589. The van der Waals surface area contributed by atoms with E-state index in [9.17, 15) is 4.79 Å². The largest absolute Gasteiger partial charge is 0.330 e. The molecule has 6 nitrogen and oxygen atoms in total. The first-order valence-electron chi connectivity index (χ1n) is 4.04. The highest BCUT2D eigenvalue weighted by Gasteiger charge is 2.06. The van der Waals surface area contributed by atoms with Gasteiger partial charge in [0.15, 0.2) is 11.1 Å². The van der Waals surface area contributed by atoms with Gasteiger partial charge in [-0.15, -0.1) is 0 Å². The average Bonchev–Trinajstić information content (AvgIpc) is 2.23. The van der Waals surface area contributed by atoms with E-state index in [1.807, 2.05) is 0 Å². The lowest BCUT2D eigenvalue weighted by atomic mass is 10.5. The van der Waals surface area contributed by atoms with Crippen LogP contribution in [0.15, 0.2) is 17.2 Å². The standard InChI is InChI=1S/C8H9N5O/c1-12-6(9)5-7(11-4-3-10-5)13(2)8(12)14/h3-4,9H,1-2H3. The van der Waals surface area contributed by atoms with E-state index in [0.29, 0.717) is 11.2 Å². The van der Waals surface area contributed by atoms with Crippen molar-refractivity contribution in [2.75, 3.05) is 0 Å². The van der Waals surface area contributed by atoms with Crippen LogP contribution < -0.4 is 11.2 Å². The summed E-state index contributed by atoms with van der Waals surface area (Å²) in [7, 11) is 3.15. The van der Waals surface area contributed by atoms with Crippen LogP contribution in [0, 0.1) is 5.41 Å². The van der Waals surface area contributed by atoms with Crippen LogP contribution >= 0.6 is 0 Å². The Balaban J connectivity index is 3.19. The highest BCUT2D eigenvalue weighted by molar-refractivity contribution is 5.67. The van der Waals surface area contributed by atoms with Crippen molar-refractivity contribution in [1.29, 1.82) is 5.41 Å². The minimum Gasteiger partial charge on any atom is -0.282 e. The summed E-state index contributed by atoms with van der Waals surface area (Å²) < 4.78 is 2.61. The number of nitrogens with one attached hydrogen (secondary N) is 1. The van der Waals surface area contributed by atoms with E-state index in [0.717, 1.165) is 0 Å². The molecule has 0 unspecified atom stereocenters. The van der Waals surface area contributed by atoms with Gasteiger partial charge >= 0.3 is 5.69 Å². The molecule has 2 rings (SSSR count). The maximum atomic E-state index is 11.5. The van der Waals surface area contributed by atoms with E-state index in [2.05, 4.69) is 9.97 Å². The zero-order chi connectivity index (χ0) is 10.3. The molecule has 2 aromatic heterocycles. The second-order valence-electron chi connectivity index (χ2n) is 2.98. The molecule has 0 amide bonds. The van der Waals surface area contributed by atoms with Crippen molar-refractivity contribution in [3.05, 3.63) is 28.4 Å². The molecule has 0 spiro atoms. The molecule has 0 saturated carbocycles. The lowest BCUT2D eigenvalue weighted by Crippen LogP contribution is -2.37. The molecule has 0 aliphatic carbocycles. The summed E-state index contributed by atoms with van der Waals surface area (Å²) in [6.07, 6.45) is 3.01. The van der Waals surface area contributed by atoms with Gasteiger partial charge in [-0.3, -0.25) is 14.5 Å². The molecule has 0 aliphatic heterocycles. The van der Waals surface area contributed by atoms with Gasteiger partial charge in [-0.05, 0) is 0 Å². The molecule has 6 heteroatoms. The lowest BCUT2D eigenvalue weighted by molar-refractivity contribution is 0.686. The van der Waals surface area contributed by atoms with Crippen LogP contribution in [0.2, 0.25) is 0 Å². The molecule has 0 fully saturated rings. The highest BCUT2D eigenvalue weighted by atomic mass is 16.1. The van der Waals surface area contributed by atoms with Crippen LogP contribution in [0.4, 0.5) is 0 Å². The van der Waals surface area contributed by atoms with E-state index in [1.165, 1.54) is 21.5 Å². The van der Waals surface area contributed by atoms with E-state index < -0.39 is 0 Å². The first-order valence-corrected chi connectivity index (χ1v) is 4.04. The number of hydrogen-bond acceptors (Lipinski definition) is 4. The number of hydrogen-bond donors (Lipinski definition) is 1. The third-order valence-corrected chi connectivity index (χ3v) is 2.13. The van der Waals surface area contributed by atoms with Crippen molar-refractivity contribution < 1.29 is 0 Å². The van der Waals surface area contributed by atoms with Crippen molar-refractivity contribution in [3.8, 4) is 0 Å². The molecule has 72 valence electrons. The van der Waals surface area contributed by atoms with Crippen LogP contribution in [0.3, 0.4) is 0 Å². The molecule has 1 N–H and O–H groups in total. The molecule has 2 aromatic rings. The molecular weight excluding hydrogens is 182 g/mol. The summed E-state index contributed by atoms with van der Waals surface area (Å²) in [5.41, 5.74) is 0.664. The smallest absolute Gasteiger partial charge is 0.282 e. The van der Waals surface area contributed by atoms with Gasteiger partial charge in [-0.25, -0.2) is 14.8 Å². The van der Waals surface area contributed by atoms with Gasteiger partial charge in [-0.2, -0.15) is 0 Å². The van der Waals surface area contributed by atoms with Gasteiger partial charge in [0.1, 0.15) is 5.52 Å². The van der Waals surface area contributed by atoms with Gasteiger partial charge in [-0.1, -0.05) is 0 Å². The van der Waals surface area contributed by atoms with E-state index in [-0.39, 0.29) is 11.2 Å². The maximum absolute atomic E-state index is 11.5. The van der Waals surface area contributed by atoms with Gasteiger partial charge in [0, 0.05) is 26.5 Å². The Bertz CT molecular complexity index is 609. The minimum atomic E-state index is -0.275. The number of rotatable bonds is 0. The van der Waals surface area contributed by atoms with Gasteiger partial charge in [0.25, 0.3) is 0 Å². The Kier molecular flexibility index (Phi) is 1.70. The first-order chi connectivity index (χ1) is 6.63. The van der Waals surface area contributed by atoms with Crippen LogP contribution in [-0.2, 0) is 14.1 Å². The fourth-order valence-corrected chi connectivity index (χ4v) is 1.31. The third kappa shape index (κ3) is 0.968. The van der Waals surface area contributed by atoms with Crippen molar-refractivity contribution in [2.45, 2.75) is 0 Å². The first kappa shape index (κ1) is 8.61. The summed E-state index contributed by atoms with van der Waals surface area (Å²) >= 11 is 0. The van der Waals surface area contributed by atoms with Crippen molar-refractivity contribution >= 4 is 11.2 Å². The predicted octanol–water partition coefficient (Wildman–Crippen LogP) is -0.854. The maximum Gasteiger partial charge on any atom is 0.330 e. The lowest BCUT2D eigenvalue weighted by Gasteiger charge is -2.05. The van der Waals surface area contributed by atoms with Crippen LogP contribution in [0.1, 0.15) is 0 Å². The highest BCUT2D eigenvalue weighted by Crippen LogP contribution is 1.96. The molecular formula is C8H9N5O. The summed E-state index contributed by atoms with van der Waals surface area (Å²) in [6, 6.07) is 0. The van der Waals surface area contributed by atoms with Gasteiger partial charge in [0.05, 0.1) is 0 Å². The van der Waals surface area contributed by atoms with E-state index >= 15 is 0 Å². The second kappa shape index (κ2) is 2.76. The molecule has 2 heterocycles. The Morgan fingerprint density at radius 3 is 2.57 bits per heavy atom. The summed E-state index contributed by atoms with van der Waals surface area (Å²) in [4.78, 5) is 19.6. The topological polar surface area (TPSA) is 76.6 Å². The molecule has 0 aliphatic rings. The zero-order valence-electron chi connectivity index (χ0n) is 7.85. The molecule has 0 aromatic carbocycles. The van der Waals surface area contributed by atoms with Crippen molar-refractivity contribution in [2.24, 2.45) is 14.1 Å². The van der Waals surface area contributed by atoms with Crippen molar-refractivity contribution in [3.63, 3.8) is 0 Å². The Labute approximate surface area is 79.0 Å². The summed E-state index contributed by atoms with van der Waals surface area (Å²) in [5, 5.41) is 7.67. The van der Waals surface area contributed by atoms with Crippen LogP contribution in [0.25, 0.3) is 11.2 Å². The molecule has 14 heavy (non-hydrogen) atoms. The molecule has 0 atom stereocenters. The monoisotopic (exact) mass is 191 g/mol. The number of aryl methyl sites for hydroxylation is 1. The summed E-state index contributed by atoms with van der Waals surface area (Å²) in [6.45, 7) is 0. The van der Waals surface area contributed by atoms with Crippen LogP contribution in [-0.4, -0.2) is 19.1 Å². The normalized spacial score (nSPS) is 10.7. The summed E-state index contributed by atoms with van der Waals surface area (Å²) in [5.74, 6) is 0. The fourth-order valence-electron chi connectivity index (χ4n) is 1.31. The Morgan fingerprint density at radius 2 is 1.86 bits per heavy atom. The number of nitrogens with zero attached hydrogens (tertiary/aromatic N) is 4. The predicted molar refractivity (Wildman–Crippen MR) is 49.6 cm³/mol. The van der Waals surface area contributed by atoms with Gasteiger partial charge < -0.3 is 0 Å². The molecule has 0 radical (unpaired) electrons. The molecule has 0 bridgehead atoms. The minimum absolute atomic E-state index is 0.0798. The van der Waals surface area contributed by atoms with Crippen LogP contribution in [0.5, 0.6) is 0 Å². The second-order valence-corrected chi connectivity index (χ2v) is 2.98. The van der Waals surface area contributed by atoms with Crippen molar-refractivity contribution in [1.82, 2.24) is 19.1 Å². The Morgan fingerprint density at radius 1 is 1.21 bits per heavy atom. The fraction of sp³-hybridized carbons (Fsp3) is 0.250. The third-order valence-electron chi connectivity index (χ3n) is 2.13. The number of aromatic nitrogens is 4.